The summed E-state index contributed by atoms with van der Waals surface area (Å²) in [6.45, 7) is 4.69. The predicted octanol–water partition coefficient (Wildman–Crippen LogP) is 13.9. The Morgan fingerprint density at radius 3 is 1.60 bits per heavy atom. The lowest BCUT2D eigenvalue weighted by molar-refractivity contribution is 0.660. The van der Waals surface area contributed by atoms with Crippen LogP contribution in [0.4, 0.5) is 0 Å². The van der Waals surface area contributed by atoms with E-state index < -0.39 is 0 Å². The van der Waals surface area contributed by atoms with E-state index in [2.05, 4.69) is 196 Å². The molecule has 260 valence electrons. The molecule has 1 heterocycles. The Labute approximate surface area is 322 Å². The highest BCUT2D eigenvalue weighted by Crippen LogP contribution is 2.52. The van der Waals surface area contributed by atoms with E-state index in [9.17, 15) is 0 Å². The lowest BCUT2D eigenvalue weighted by Gasteiger charge is -2.21. The second-order valence-electron chi connectivity index (χ2n) is 15.0. The second-order valence-corrected chi connectivity index (χ2v) is 15.0. The van der Waals surface area contributed by atoms with Crippen molar-refractivity contribution in [1.82, 2.24) is 9.97 Å². The summed E-state index contributed by atoms with van der Waals surface area (Å²) in [5.41, 5.74) is 17.6. The average molecular weight is 703 g/mol. The predicted molar refractivity (Wildman–Crippen MR) is 230 cm³/mol. The molecule has 0 bridgehead atoms. The number of hydrogen-bond donors (Lipinski definition) is 0. The normalized spacial score (nSPS) is 12.7. The van der Waals surface area contributed by atoms with Crippen LogP contribution in [0.2, 0.25) is 0 Å². The third kappa shape index (κ3) is 5.66. The van der Waals surface area contributed by atoms with Crippen molar-refractivity contribution < 1.29 is 0 Å². The van der Waals surface area contributed by atoms with Gasteiger partial charge in [-0.25, -0.2) is 9.97 Å². The van der Waals surface area contributed by atoms with E-state index >= 15 is 0 Å². The molecule has 2 heteroatoms. The molecule has 55 heavy (non-hydrogen) atoms. The van der Waals surface area contributed by atoms with Gasteiger partial charge >= 0.3 is 0 Å². The van der Waals surface area contributed by atoms with E-state index in [-0.39, 0.29) is 5.41 Å². The average Bonchev–Trinajstić information content (AvgIpc) is 3.49. The molecule has 0 atom stereocenters. The molecule has 0 unspecified atom stereocenters. The SMILES string of the molecule is CC1(C)c2ccccc2-c2c(-c3cccc(-c4ccc(-c5cc(-c6ccccc6)nc(-c6ccc(-c7ccccc7)cc6)n5)c5ccccc45)c3)cccc21. The molecular formula is C53H38N2. The Bertz CT molecular complexity index is 2870. The fraction of sp³-hybridized carbons (Fsp3) is 0.0566. The highest BCUT2D eigenvalue weighted by Gasteiger charge is 2.36. The van der Waals surface area contributed by atoms with E-state index in [0.29, 0.717) is 5.82 Å². The van der Waals surface area contributed by atoms with Gasteiger partial charge in [0.05, 0.1) is 11.4 Å². The van der Waals surface area contributed by atoms with Crippen LogP contribution in [-0.4, -0.2) is 9.97 Å². The molecule has 8 aromatic carbocycles. The highest BCUT2D eigenvalue weighted by molar-refractivity contribution is 6.05. The first-order chi connectivity index (χ1) is 27.0. The van der Waals surface area contributed by atoms with Crippen molar-refractivity contribution in [3.8, 4) is 78.4 Å². The van der Waals surface area contributed by atoms with Crippen LogP contribution in [0.3, 0.4) is 0 Å². The molecule has 1 aliphatic carbocycles. The van der Waals surface area contributed by atoms with E-state index in [1.165, 1.54) is 61.0 Å². The molecule has 10 rings (SSSR count). The van der Waals surface area contributed by atoms with Gasteiger partial charge in [-0.2, -0.15) is 0 Å². The van der Waals surface area contributed by atoms with Gasteiger partial charge in [0.25, 0.3) is 0 Å². The van der Waals surface area contributed by atoms with Crippen LogP contribution in [0.15, 0.2) is 194 Å². The van der Waals surface area contributed by atoms with Crippen molar-refractivity contribution in [2.45, 2.75) is 19.3 Å². The van der Waals surface area contributed by atoms with Crippen LogP contribution in [0.25, 0.3) is 89.2 Å². The maximum atomic E-state index is 5.26. The standard InChI is InChI=1S/C53H38N2/c1-53(2)47-25-12-11-23-46(47)51-42(24-14-26-48(51)53)40-20-13-19-39(33-40)41-31-32-45(44-22-10-9-21-43(41)44)50-34-49(37-17-7-4-8-18-37)54-52(55-50)38-29-27-36(28-30-38)35-15-5-3-6-16-35/h3-34H,1-2H3. The molecule has 0 saturated heterocycles. The minimum atomic E-state index is -0.0432. The van der Waals surface area contributed by atoms with Crippen molar-refractivity contribution in [2.24, 2.45) is 0 Å². The third-order valence-electron chi connectivity index (χ3n) is 11.3. The van der Waals surface area contributed by atoms with Gasteiger partial charge in [-0.1, -0.05) is 196 Å². The largest absolute Gasteiger partial charge is 0.228 e. The molecule has 0 saturated carbocycles. The van der Waals surface area contributed by atoms with Gasteiger partial charge in [-0.05, 0) is 78.5 Å². The zero-order valence-corrected chi connectivity index (χ0v) is 30.9. The maximum absolute atomic E-state index is 5.26. The zero-order valence-electron chi connectivity index (χ0n) is 30.9. The smallest absolute Gasteiger partial charge is 0.160 e. The molecule has 2 nitrogen and oxygen atoms in total. The van der Waals surface area contributed by atoms with Crippen LogP contribution in [-0.2, 0) is 5.41 Å². The molecule has 0 amide bonds. The van der Waals surface area contributed by atoms with E-state index in [1.54, 1.807) is 0 Å². The number of benzene rings is 8. The molecule has 0 N–H and O–H groups in total. The third-order valence-corrected chi connectivity index (χ3v) is 11.3. The maximum Gasteiger partial charge on any atom is 0.160 e. The van der Waals surface area contributed by atoms with Crippen molar-refractivity contribution in [3.63, 3.8) is 0 Å². The minimum Gasteiger partial charge on any atom is -0.228 e. The fourth-order valence-electron chi connectivity index (χ4n) is 8.54. The second kappa shape index (κ2) is 13.2. The summed E-state index contributed by atoms with van der Waals surface area (Å²) in [5, 5.41) is 2.35. The van der Waals surface area contributed by atoms with Gasteiger partial charge in [0.2, 0.25) is 0 Å². The summed E-state index contributed by atoms with van der Waals surface area (Å²) in [6.07, 6.45) is 0. The van der Waals surface area contributed by atoms with Crippen LogP contribution >= 0.6 is 0 Å². The molecule has 0 fully saturated rings. The molecule has 9 aromatic rings. The lowest BCUT2D eigenvalue weighted by Crippen LogP contribution is -2.14. The topological polar surface area (TPSA) is 25.8 Å². The first kappa shape index (κ1) is 32.7. The van der Waals surface area contributed by atoms with Crippen LogP contribution in [0, 0.1) is 0 Å². The number of hydrogen-bond acceptors (Lipinski definition) is 2. The van der Waals surface area contributed by atoms with Gasteiger partial charge in [0.1, 0.15) is 0 Å². The van der Waals surface area contributed by atoms with Crippen molar-refractivity contribution in [3.05, 3.63) is 205 Å². The van der Waals surface area contributed by atoms with Crippen LogP contribution in [0.1, 0.15) is 25.0 Å². The summed E-state index contributed by atoms with van der Waals surface area (Å²) in [7, 11) is 0. The van der Waals surface area contributed by atoms with Crippen molar-refractivity contribution in [1.29, 1.82) is 0 Å². The first-order valence-electron chi connectivity index (χ1n) is 19.0. The minimum absolute atomic E-state index is 0.0432. The molecule has 0 spiro atoms. The zero-order chi connectivity index (χ0) is 36.9. The van der Waals surface area contributed by atoms with Crippen molar-refractivity contribution in [2.75, 3.05) is 0 Å². The molecule has 0 aliphatic heterocycles. The van der Waals surface area contributed by atoms with E-state index in [1.807, 2.05) is 12.1 Å². The molecule has 1 aromatic heterocycles. The Morgan fingerprint density at radius 1 is 0.327 bits per heavy atom. The van der Waals surface area contributed by atoms with Gasteiger partial charge in [0.15, 0.2) is 5.82 Å². The summed E-state index contributed by atoms with van der Waals surface area (Å²) < 4.78 is 0. The summed E-state index contributed by atoms with van der Waals surface area (Å²) >= 11 is 0. The van der Waals surface area contributed by atoms with Crippen LogP contribution < -0.4 is 0 Å². The number of rotatable bonds is 6. The molecule has 1 aliphatic rings. The number of nitrogens with zero attached hydrogens (tertiary/aromatic N) is 2. The molecule has 0 radical (unpaired) electrons. The molecular weight excluding hydrogens is 665 g/mol. The van der Waals surface area contributed by atoms with Crippen LogP contribution in [0.5, 0.6) is 0 Å². The summed E-state index contributed by atoms with van der Waals surface area (Å²) in [4.78, 5) is 10.4. The van der Waals surface area contributed by atoms with Gasteiger partial charge in [-0.3, -0.25) is 0 Å². The number of aromatic nitrogens is 2. The fourth-order valence-corrected chi connectivity index (χ4v) is 8.54. The van der Waals surface area contributed by atoms with Gasteiger partial charge in [0, 0.05) is 22.1 Å². The van der Waals surface area contributed by atoms with Gasteiger partial charge in [-0.15, -0.1) is 0 Å². The monoisotopic (exact) mass is 702 g/mol. The quantitative estimate of drug-likeness (QED) is 0.172. The Balaban J connectivity index is 1.09. The Kier molecular flexibility index (Phi) is 7.85. The lowest BCUT2D eigenvalue weighted by atomic mass is 9.82. The Morgan fingerprint density at radius 2 is 0.836 bits per heavy atom. The van der Waals surface area contributed by atoms with Crippen molar-refractivity contribution >= 4 is 10.8 Å². The van der Waals surface area contributed by atoms with Gasteiger partial charge < -0.3 is 0 Å². The highest BCUT2D eigenvalue weighted by atomic mass is 14.9. The Hall–Kier alpha value is -6.90. The summed E-state index contributed by atoms with van der Waals surface area (Å²) in [5.74, 6) is 0.706. The van der Waals surface area contributed by atoms with E-state index in [0.717, 1.165) is 33.5 Å². The summed E-state index contributed by atoms with van der Waals surface area (Å²) in [6, 6.07) is 69.5. The number of fused-ring (bicyclic) bond motifs is 4. The van der Waals surface area contributed by atoms with E-state index in [4.69, 9.17) is 9.97 Å². The first-order valence-corrected chi connectivity index (χ1v) is 19.0.